The maximum atomic E-state index is 12.3. The predicted molar refractivity (Wildman–Crippen MR) is 98.5 cm³/mol. The van der Waals surface area contributed by atoms with Crippen LogP contribution in [0.1, 0.15) is 33.1 Å². The van der Waals surface area contributed by atoms with Crippen LogP contribution in [0.3, 0.4) is 0 Å². The Morgan fingerprint density at radius 2 is 1.84 bits per heavy atom. The maximum absolute atomic E-state index is 12.3. The van der Waals surface area contributed by atoms with Crippen LogP contribution in [-0.2, 0) is 14.4 Å². The number of thioether (sulfide) groups is 1. The molecule has 0 aliphatic heterocycles. The lowest BCUT2D eigenvalue weighted by Gasteiger charge is -2.23. The summed E-state index contributed by atoms with van der Waals surface area (Å²) in [6.07, 6.45) is 1.70. The molecular weight excluding hydrogens is 338 g/mol. The van der Waals surface area contributed by atoms with Gasteiger partial charge in [0.05, 0.1) is 19.3 Å². The van der Waals surface area contributed by atoms with Crippen LogP contribution in [0.4, 0.5) is 0 Å². The smallest absolute Gasteiger partial charge is 0.168 e. The molecule has 1 aliphatic carbocycles. The zero-order valence-electron chi connectivity index (χ0n) is 15.0. The number of rotatable bonds is 8. The fraction of sp³-hybridized carbons (Fsp3) is 0.474. The van der Waals surface area contributed by atoms with Crippen molar-refractivity contribution in [2.24, 2.45) is 5.92 Å². The van der Waals surface area contributed by atoms with E-state index in [1.807, 2.05) is 31.2 Å². The van der Waals surface area contributed by atoms with Crippen molar-refractivity contribution < 1.29 is 19.2 Å². The molecule has 1 aromatic rings. The lowest BCUT2D eigenvalue weighted by Crippen LogP contribution is -2.30. The normalized spacial score (nSPS) is 17.6. The highest BCUT2D eigenvalue weighted by molar-refractivity contribution is 7.99. The summed E-state index contributed by atoms with van der Waals surface area (Å²) in [5.74, 6) is 1.67. The number of Topliss-reactive ketones (excluding diaryl/α,β-unsaturated/α-hetero) is 2. The van der Waals surface area contributed by atoms with Crippen molar-refractivity contribution in [3.8, 4) is 5.75 Å². The highest BCUT2D eigenvalue weighted by Gasteiger charge is 2.31. The molecule has 1 saturated carbocycles. The first kappa shape index (κ1) is 19.5. The molecule has 136 valence electrons. The predicted octanol–water partition coefficient (Wildman–Crippen LogP) is 3.54. The van der Waals surface area contributed by atoms with Crippen molar-refractivity contribution in [2.45, 2.75) is 38.0 Å². The Bertz CT molecular complexity index is 619. The van der Waals surface area contributed by atoms with Crippen LogP contribution in [0, 0.1) is 5.92 Å². The number of ether oxygens (including phenoxy) is 1. The monoisotopic (exact) mass is 363 g/mol. The molecule has 0 saturated heterocycles. The summed E-state index contributed by atoms with van der Waals surface area (Å²) in [6, 6.07) is 7.90. The second-order valence-corrected chi connectivity index (χ2v) is 7.14. The molecule has 1 aromatic carbocycles. The van der Waals surface area contributed by atoms with Crippen LogP contribution in [0.2, 0.25) is 0 Å². The summed E-state index contributed by atoms with van der Waals surface area (Å²) in [4.78, 5) is 30.9. The summed E-state index contributed by atoms with van der Waals surface area (Å²) in [5, 5.41) is 0. The Kier molecular flexibility index (Phi) is 7.52. The maximum Gasteiger partial charge on any atom is 0.168 e. The minimum atomic E-state index is -0.0830. The van der Waals surface area contributed by atoms with Gasteiger partial charge in [-0.25, -0.2) is 0 Å². The van der Waals surface area contributed by atoms with E-state index < -0.39 is 0 Å². The average Bonchev–Trinajstić information content (AvgIpc) is 2.60. The van der Waals surface area contributed by atoms with Crippen LogP contribution in [-0.4, -0.2) is 31.0 Å². The van der Waals surface area contributed by atoms with Gasteiger partial charge >= 0.3 is 0 Å². The molecule has 0 bridgehead atoms. The molecule has 0 unspecified atom stereocenters. The molecule has 1 fully saturated rings. The minimum Gasteiger partial charge on any atom is -0.497 e. The van der Waals surface area contributed by atoms with E-state index in [4.69, 9.17) is 9.57 Å². The number of hydroxylamine groups is 1. The second-order valence-electron chi connectivity index (χ2n) is 5.97. The molecule has 1 aliphatic rings. The van der Waals surface area contributed by atoms with E-state index in [1.165, 1.54) is 0 Å². The van der Waals surface area contributed by atoms with Gasteiger partial charge in [-0.15, -0.1) is 11.8 Å². The van der Waals surface area contributed by atoms with E-state index >= 15 is 0 Å². The number of hydrogen-bond acceptors (Lipinski definition) is 6. The molecule has 5 nitrogen and oxygen atoms in total. The van der Waals surface area contributed by atoms with Gasteiger partial charge < -0.3 is 4.74 Å². The first-order valence-electron chi connectivity index (χ1n) is 8.47. The first-order valence-corrected chi connectivity index (χ1v) is 9.45. The Labute approximate surface area is 153 Å². The first-order chi connectivity index (χ1) is 12.0. The van der Waals surface area contributed by atoms with E-state index in [2.05, 4.69) is 5.48 Å². The molecule has 6 heteroatoms. The molecule has 0 aromatic heterocycles. The van der Waals surface area contributed by atoms with Gasteiger partial charge in [-0.2, -0.15) is 0 Å². The average molecular weight is 363 g/mol. The van der Waals surface area contributed by atoms with Gasteiger partial charge in [0, 0.05) is 23.4 Å². The van der Waals surface area contributed by atoms with Crippen LogP contribution in [0.25, 0.3) is 0 Å². The van der Waals surface area contributed by atoms with Gasteiger partial charge in [0.15, 0.2) is 11.6 Å². The molecule has 0 atom stereocenters. The van der Waals surface area contributed by atoms with Crippen molar-refractivity contribution in [1.82, 2.24) is 5.48 Å². The Morgan fingerprint density at radius 3 is 2.40 bits per heavy atom. The number of allylic oxidation sites excluding steroid dienone is 2. The van der Waals surface area contributed by atoms with Gasteiger partial charge in [0.25, 0.3) is 0 Å². The van der Waals surface area contributed by atoms with Gasteiger partial charge in [0.1, 0.15) is 5.75 Å². The van der Waals surface area contributed by atoms with Crippen LogP contribution in [0.15, 0.2) is 40.4 Å². The topological polar surface area (TPSA) is 64.6 Å². The highest BCUT2D eigenvalue weighted by Crippen LogP contribution is 2.30. The lowest BCUT2D eigenvalue weighted by atomic mass is 9.82. The van der Waals surface area contributed by atoms with Crippen molar-refractivity contribution in [3.63, 3.8) is 0 Å². The fourth-order valence-corrected chi connectivity index (χ4v) is 3.84. The standard InChI is InChI=1S/C19H25NO4S/c1-4-24-20-13(2)19-17(21)11-14(12-18(19)22)9-10-25-16-7-5-15(23-3)6-8-16/h5-8,14,20H,4,9-12H2,1-3H3. The second kappa shape index (κ2) is 9.63. The number of methoxy groups -OCH3 is 1. The van der Waals surface area contributed by atoms with Crippen LogP contribution >= 0.6 is 11.8 Å². The van der Waals surface area contributed by atoms with Crippen molar-refractivity contribution in [2.75, 3.05) is 19.5 Å². The Balaban J connectivity index is 1.85. The summed E-state index contributed by atoms with van der Waals surface area (Å²) in [6.45, 7) is 4.02. The van der Waals surface area contributed by atoms with E-state index in [9.17, 15) is 9.59 Å². The number of nitrogens with one attached hydrogen (secondary N) is 1. The van der Waals surface area contributed by atoms with Crippen molar-refractivity contribution in [3.05, 3.63) is 35.5 Å². The van der Waals surface area contributed by atoms with Crippen molar-refractivity contribution >= 4 is 23.3 Å². The van der Waals surface area contributed by atoms with E-state index in [1.54, 1.807) is 25.8 Å². The number of carbonyl (C=O) groups excluding carboxylic acids is 2. The zero-order valence-corrected chi connectivity index (χ0v) is 15.8. The summed E-state index contributed by atoms with van der Waals surface area (Å²) in [5.41, 5.74) is 3.46. The summed E-state index contributed by atoms with van der Waals surface area (Å²) < 4.78 is 5.14. The number of ketones is 2. The molecule has 0 radical (unpaired) electrons. The van der Waals surface area contributed by atoms with Gasteiger partial charge in [-0.1, -0.05) is 0 Å². The molecule has 0 spiro atoms. The third kappa shape index (κ3) is 5.61. The minimum absolute atomic E-state index is 0.0830. The molecule has 25 heavy (non-hydrogen) atoms. The van der Waals surface area contributed by atoms with E-state index in [0.717, 1.165) is 22.8 Å². The molecular formula is C19H25NO4S. The summed E-state index contributed by atoms with van der Waals surface area (Å²) >= 11 is 1.73. The third-order valence-corrected chi connectivity index (χ3v) is 5.15. The van der Waals surface area contributed by atoms with Gasteiger partial charge in [0.2, 0.25) is 0 Å². The highest BCUT2D eigenvalue weighted by atomic mass is 32.2. The van der Waals surface area contributed by atoms with Crippen LogP contribution in [0.5, 0.6) is 5.75 Å². The van der Waals surface area contributed by atoms with Gasteiger partial charge in [-0.3, -0.25) is 19.9 Å². The molecule has 0 amide bonds. The van der Waals surface area contributed by atoms with Gasteiger partial charge in [-0.05, 0) is 56.2 Å². The largest absolute Gasteiger partial charge is 0.497 e. The quantitative estimate of drug-likeness (QED) is 0.330. The number of benzene rings is 1. The van der Waals surface area contributed by atoms with E-state index in [0.29, 0.717) is 25.1 Å². The number of hydrogen-bond donors (Lipinski definition) is 1. The Morgan fingerprint density at radius 1 is 1.20 bits per heavy atom. The Hall–Kier alpha value is -1.79. The van der Waals surface area contributed by atoms with Crippen molar-refractivity contribution in [1.29, 1.82) is 0 Å². The lowest BCUT2D eigenvalue weighted by molar-refractivity contribution is -0.125. The third-order valence-electron chi connectivity index (χ3n) is 4.10. The SMILES string of the molecule is CCONC(C)=C1C(=O)CC(CCSc2ccc(OC)cc2)CC1=O. The van der Waals surface area contributed by atoms with E-state index in [-0.39, 0.29) is 23.1 Å². The molecule has 0 heterocycles. The summed E-state index contributed by atoms with van der Waals surface area (Å²) in [7, 11) is 1.65. The number of carbonyl (C=O) groups is 2. The molecule has 2 rings (SSSR count). The molecule has 1 N–H and O–H groups in total. The fourth-order valence-electron chi connectivity index (χ4n) is 2.83. The van der Waals surface area contributed by atoms with Crippen LogP contribution < -0.4 is 10.2 Å². The zero-order chi connectivity index (χ0) is 18.2.